The minimum absolute atomic E-state index is 0.182. The van der Waals surface area contributed by atoms with E-state index in [0.717, 1.165) is 25.1 Å². The SMILES string of the molecule is O=c1cc(NCCCc2ccccc2)cn[nH]1. The molecule has 0 aliphatic rings. The average Bonchev–Trinajstić information content (AvgIpc) is 2.36. The van der Waals surface area contributed by atoms with Crippen LogP contribution in [0.5, 0.6) is 0 Å². The lowest BCUT2D eigenvalue weighted by Gasteiger charge is -2.05. The fraction of sp³-hybridized carbons (Fsp3) is 0.231. The molecule has 2 aromatic rings. The molecule has 0 bridgehead atoms. The van der Waals surface area contributed by atoms with E-state index in [9.17, 15) is 4.79 Å². The van der Waals surface area contributed by atoms with Crippen LogP contribution in [0.4, 0.5) is 5.69 Å². The third kappa shape index (κ3) is 3.75. The number of aromatic amines is 1. The van der Waals surface area contributed by atoms with Crippen LogP contribution in [0.1, 0.15) is 12.0 Å². The number of aryl methyl sites for hydroxylation is 1. The van der Waals surface area contributed by atoms with E-state index in [1.807, 2.05) is 18.2 Å². The molecular formula is C13H15N3O. The molecule has 1 aromatic carbocycles. The van der Waals surface area contributed by atoms with Gasteiger partial charge in [0, 0.05) is 12.6 Å². The fourth-order valence-corrected chi connectivity index (χ4v) is 1.64. The zero-order valence-electron chi connectivity index (χ0n) is 9.52. The van der Waals surface area contributed by atoms with Crippen LogP contribution in [0.2, 0.25) is 0 Å². The molecule has 2 N–H and O–H groups in total. The van der Waals surface area contributed by atoms with Crippen LogP contribution in [0.25, 0.3) is 0 Å². The van der Waals surface area contributed by atoms with Crippen molar-refractivity contribution >= 4 is 5.69 Å². The third-order valence-electron chi connectivity index (χ3n) is 2.48. The second-order valence-electron chi connectivity index (χ2n) is 3.85. The summed E-state index contributed by atoms with van der Waals surface area (Å²) in [4.78, 5) is 11.0. The molecule has 0 saturated carbocycles. The Balaban J connectivity index is 1.75. The van der Waals surface area contributed by atoms with Crippen LogP contribution in [-0.4, -0.2) is 16.7 Å². The van der Waals surface area contributed by atoms with E-state index in [4.69, 9.17) is 0 Å². The Labute approximate surface area is 99.7 Å². The third-order valence-corrected chi connectivity index (χ3v) is 2.48. The van der Waals surface area contributed by atoms with Crippen molar-refractivity contribution in [2.75, 3.05) is 11.9 Å². The van der Waals surface area contributed by atoms with E-state index >= 15 is 0 Å². The summed E-state index contributed by atoms with van der Waals surface area (Å²) in [6, 6.07) is 11.9. The number of H-pyrrole nitrogens is 1. The number of nitrogens with one attached hydrogen (secondary N) is 2. The summed E-state index contributed by atoms with van der Waals surface area (Å²) in [5, 5.41) is 9.24. The van der Waals surface area contributed by atoms with Crippen molar-refractivity contribution in [2.45, 2.75) is 12.8 Å². The van der Waals surface area contributed by atoms with Gasteiger partial charge in [-0.25, -0.2) is 5.10 Å². The predicted molar refractivity (Wildman–Crippen MR) is 68.1 cm³/mol. The summed E-state index contributed by atoms with van der Waals surface area (Å²) < 4.78 is 0. The molecule has 0 radical (unpaired) electrons. The highest BCUT2D eigenvalue weighted by atomic mass is 16.1. The summed E-state index contributed by atoms with van der Waals surface area (Å²) in [5.74, 6) is 0. The number of rotatable bonds is 5. The van der Waals surface area contributed by atoms with Gasteiger partial charge in [0.15, 0.2) is 0 Å². The molecule has 0 atom stereocenters. The van der Waals surface area contributed by atoms with E-state index in [0.29, 0.717) is 0 Å². The summed E-state index contributed by atoms with van der Waals surface area (Å²) in [7, 11) is 0. The molecule has 0 saturated heterocycles. The standard InChI is InChI=1S/C13H15N3O/c17-13-9-12(10-15-16-13)14-8-4-7-11-5-2-1-3-6-11/h1-3,5-6,9-10H,4,7-8H2,(H2,14,16,17). The summed E-state index contributed by atoms with van der Waals surface area (Å²) in [6.07, 6.45) is 3.67. The van der Waals surface area contributed by atoms with Crippen molar-refractivity contribution in [1.29, 1.82) is 0 Å². The molecule has 0 spiro atoms. The highest BCUT2D eigenvalue weighted by Crippen LogP contribution is 2.03. The minimum atomic E-state index is -0.182. The zero-order chi connectivity index (χ0) is 11.9. The first-order valence-electron chi connectivity index (χ1n) is 5.67. The molecule has 0 amide bonds. The molecule has 0 fully saturated rings. The van der Waals surface area contributed by atoms with E-state index in [-0.39, 0.29) is 5.56 Å². The smallest absolute Gasteiger partial charge is 0.266 e. The molecule has 4 heteroatoms. The van der Waals surface area contributed by atoms with Crippen LogP contribution in [0.15, 0.2) is 47.4 Å². The monoisotopic (exact) mass is 229 g/mol. The first-order valence-corrected chi connectivity index (χ1v) is 5.67. The van der Waals surface area contributed by atoms with Gasteiger partial charge in [0.25, 0.3) is 5.56 Å². The van der Waals surface area contributed by atoms with Gasteiger partial charge >= 0.3 is 0 Å². The van der Waals surface area contributed by atoms with E-state index in [2.05, 4.69) is 27.6 Å². The molecule has 2 rings (SSSR count). The summed E-state index contributed by atoms with van der Waals surface area (Å²) in [6.45, 7) is 0.833. The van der Waals surface area contributed by atoms with Crippen LogP contribution >= 0.6 is 0 Å². The van der Waals surface area contributed by atoms with Crippen LogP contribution < -0.4 is 10.9 Å². The Kier molecular flexibility index (Phi) is 3.91. The van der Waals surface area contributed by atoms with Crippen molar-refractivity contribution in [3.8, 4) is 0 Å². The van der Waals surface area contributed by atoms with Crippen LogP contribution in [0.3, 0.4) is 0 Å². The van der Waals surface area contributed by atoms with Gasteiger partial charge < -0.3 is 5.32 Å². The normalized spacial score (nSPS) is 10.1. The van der Waals surface area contributed by atoms with Gasteiger partial charge in [0.2, 0.25) is 0 Å². The maximum atomic E-state index is 11.0. The maximum Gasteiger partial charge on any atom is 0.266 e. The zero-order valence-corrected chi connectivity index (χ0v) is 9.52. The predicted octanol–water partition coefficient (Wildman–Crippen LogP) is 1.81. The van der Waals surface area contributed by atoms with Crippen molar-refractivity contribution < 1.29 is 0 Å². The molecule has 88 valence electrons. The molecular weight excluding hydrogens is 214 g/mol. The first-order chi connectivity index (χ1) is 8.34. The van der Waals surface area contributed by atoms with Gasteiger partial charge in [-0.05, 0) is 18.4 Å². The van der Waals surface area contributed by atoms with E-state index < -0.39 is 0 Å². The second-order valence-corrected chi connectivity index (χ2v) is 3.85. The van der Waals surface area contributed by atoms with Crippen LogP contribution in [0, 0.1) is 0 Å². The van der Waals surface area contributed by atoms with E-state index in [1.54, 1.807) is 6.20 Å². The van der Waals surface area contributed by atoms with Gasteiger partial charge in [0.1, 0.15) is 0 Å². The lowest BCUT2D eigenvalue weighted by Crippen LogP contribution is -2.10. The molecule has 1 heterocycles. The maximum absolute atomic E-state index is 11.0. The number of hydrogen-bond acceptors (Lipinski definition) is 3. The van der Waals surface area contributed by atoms with Gasteiger partial charge in [0.05, 0.1) is 11.9 Å². The second kappa shape index (κ2) is 5.84. The number of anilines is 1. The first kappa shape index (κ1) is 11.4. The fourth-order valence-electron chi connectivity index (χ4n) is 1.64. The molecule has 1 aromatic heterocycles. The average molecular weight is 229 g/mol. The number of benzene rings is 1. The minimum Gasteiger partial charge on any atom is -0.384 e. The topological polar surface area (TPSA) is 57.8 Å². The molecule has 0 aliphatic heterocycles. The van der Waals surface area contributed by atoms with Gasteiger partial charge in [-0.3, -0.25) is 4.79 Å². The van der Waals surface area contributed by atoms with Gasteiger partial charge in [-0.2, -0.15) is 5.10 Å². The van der Waals surface area contributed by atoms with E-state index in [1.165, 1.54) is 11.6 Å². The summed E-state index contributed by atoms with van der Waals surface area (Å²) >= 11 is 0. The quantitative estimate of drug-likeness (QED) is 0.769. The molecule has 0 aliphatic carbocycles. The Morgan fingerprint density at radius 2 is 2.06 bits per heavy atom. The van der Waals surface area contributed by atoms with Crippen molar-refractivity contribution in [2.24, 2.45) is 0 Å². The Hall–Kier alpha value is -2.10. The number of nitrogens with zero attached hydrogens (tertiary/aromatic N) is 1. The highest BCUT2D eigenvalue weighted by molar-refractivity contribution is 5.38. The largest absolute Gasteiger partial charge is 0.384 e. The molecule has 17 heavy (non-hydrogen) atoms. The summed E-state index contributed by atoms with van der Waals surface area (Å²) in [5.41, 5.74) is 1.92. The lowest BCUT2D eigenvalue weighted by atomic mass is 10.1. The van der Waals surface area contributed by atoms with Crippen molar-refractivity contribution in [3.63, 3.8) is 0 Å². The Morgan fingerprint density at radius 1 is 1.24 bits per heavy atom. The Bertz CT molecular complexity index is 507. The lowest BCUT2D eigenvalue weighted by molar-refractivity contribution is 0.859. The molecule has 0 unspecified atom stereocenters. The number of aromatic nitrogens is 2. The van der Waals surface area contributed by atoms with Gasteiger partial charge in [-0.15, -0.1) is 0 Å². The van der Waals surface area contributed by atoms with Crippen molar-refractivity contribution in [3.05, 3.63) is 58.5 Å². The highest BCUT2D eigenvalue weighted by Gasteiger charge is 1.94. The number of hydrogen-bond donors (Lipinski definition) is 2. The van der Waals surface area contributed by atoms with Crippen LogP contribution in [-0.2, 0) is 6.42 Å². The van der Waals surface area contributed by atoms with Crippen molar-refractivity contribution in [1.82, 2.24) is 10.2 Å². The Morgan fingerprint density at radius 3 is 2.82 bits per heavy atom. The molecule has 4 nitrogen and oxygen atoms in total. The van der Waals surface area contributed by atoms with Gasteiger partial charge in [-0.1, -0.05) is 30.3 Å².